The second-order valence-corrected chi connectivity index (χ2v) is 10.1. The molecule has 4 aromatic rings. The van der Waals surface area contributed by atoms with E-state index in [2.05, 4.69) is 48.5 Å². The highest BCUT2D eigenvalue weighted by atomic mass is 31.2. The number of phosphoric acid groups is 1. The van der Waals surface area contributed by atoms with E-state index in [1.165, 1.54) is 11.1 Å². The predicted molar refractivity (Wildman–Crippen MR) is 144 cm³/mol. The Labute approximate surface area is 208 Å². The molecule has 0 saturated heterocycles. The highest BCUT2D eigenvalue weighted by molar-refractivity contribution is 7.48. The third-order valence-electron chi connectivity index (χ3n) is 5.39. The summed E-state index contributed by atoms with van der Waals surface area (Å²) in [4.78, 5) is 10.1. The lowest BCUT2D eigenvalue weighted by atomic mass is 10.0. The molecule has 35 heavy (non-hydrogen) atoms. The van der Waals surface area contributed by atoms with Crippen molar-refractivity contribution in [3.63, 3.8) is 0 Å². The molecule has 182 valence electrons. The fourth-order valence-corrected chi connectivity index (χ4v) is 4.48. The normalized spacial score (nSPS) is 11.1. The molecular weight excluding hydrogens is 455 g/mol. The third kappa shape index (κ3) is 7.85. The Bertz CT molecular complexity index is 1140. The lowest BCUT2D eigenvalue weighted by Crippen LogP contribution is -2.04. The van der Waals surface area contributed by atoms with Gasteiger partial charge in [0.05, 0.1) is 0 Å². The van der Waals surface area contributed by atoms with Crippen molar-refractivity contribution in [2.24, 2.45) is 0 Å². The molecule has 0 heterocycles. The van der Waals surface area contributed by atoms with Crippen LogP contribution in [0.25, 0.3) is 11.1 Å². The molecule has 0 aliphatic carbocycles. The Hall–Kier alpha value is -3.33. The van der Waals surface area contributed by atoms with E-state index in [1.807, 2.05) is 64.1 Å². The zero-order chi connectivity index (χ0) is 25.3. The second-order valence-electron chi connectivity index (χ2n) is 8.77. The average Bonchev–Trinajstić information content (AvgIpc) is 2.85. The van der Waals surface area contributed by atoms with Gasteiger partial charge in [0.2, 0.25) is 0 Å². The summed E-state index contributed by atoms with van der Waals surface area (Å²) in [7, 11) is -4.27. The summed E-state index contributed by atoms with van der Waals surface area (Å²) in [5.41, 5.74) is 4.28. The Balaban J connectivity index is 0.000000237. The first kappa shape index (κ1) is 26.3. The smallest absolute Gasteiger partial charge is 0.395 e. The van der Waals surface area contributed by atoms with Crippen molar-refractivity contribution in [2.75, 3.05) is 0 Å². The van der Waals surface area contributed by atoms with Crippen LogP contribution in [0, 0.1) is 0 Å². The summed E-state index contributed by atoms with van der Waals surface area (Å²) in [6, 6.07) is 35.2. The minimum absolute atomic E-state index is 0.175. The molecular formula is C30H33O4P. The molecule has 0 fully saturated rings. The fraction of sp³-hybridized carbons (Fsp3) is 0.200. The maximum atomic E-state index is 12.4. The van der Waals surface area contributed by atoms with Gasteiger partial charge in [-0.25, -0.2) is 4.57 Å². The first-order chi connectivity index (χ1) is 16.8. The van der Waals surface area contributed by atoms with Gasteiger partial charge < -0.3 is 9.05 Å². The summed E-state index contributed by atoms with van der Waals surface area (Å²) in [6.07, 6.45) is 0. The Kier molecular flexibility index (Phi) is 9.31. The van der Waals surface area contributed by atoms with Gasteiger partial charge in [-0.05, 0) is 46.2 Å². The van der Waals surface area contributed by atoms with Crippen molar-refractivity contribution in [1.82, 2.24) is 0 Å². The van der Waals surface area contributed by atoms with Gasteiger partial charge in [0.25, 0.3) is 0 Å². The highest BCUT2D eigenvalue weighted by Gasteiger charge is 2.28. The molecule has 0 aliphatic heterocycles. The molecule has 4 rings (SSSR count). The van der Waals surface area contributed by atoms with Crippen LogP contribution in [0.5, 0.6) is 11.5 Å². The van der Waals surface area contributed by atoms with E-state index in [1.54, 1.807) is 24.3 Å². The number of rotatable bonds is 7. The standard InChI is InChI=1S/C18H23O4P.C12H10/c1-13(2)15-9-5-7-11-17(15)21-23(19,20)22-18-12-8-6-10-16(18)14(3)4;1-3-7-11(8-4-1)12-9-5-2-6-10-12/h5-14H,1-4H3,(H,19,20);1-10H. The van der Waals surface area contributed by atoms with Crippen molar-refractivity contribution in [2.45, 2.75) is 39.5 Å². The van der Waals surface area contributed by atoms with Gasteiger partial charge in [-0.2, -0.15) is 0 Å². The monoisotopic (exact) mass is 488 g/mol. The van der Waals surface area contributed by atoms with Crippen LogP contribution in [0.4, 0.5) is 0 Å². The molecule has 4 nitrogen and oxygen atoms in total. The van der Waals surface area contributed by atoms with Gasteiger partial charge in [0.15, 0.2) is 0 Å². The minimum atomic E-state index is -4.27. The average molecular weight is 489 g/mol. The summed E-state index contributed by atoms with van der Waals surface area (Å²) in [5.74, 6) is 1.09. The Morgan fingerprint density at radius 2 is 0.857 bits per heavy atom. The number of para-hydroxylation sites is 2. The maximum Gasteiger partial charge on any atom is 0.584 e. The molecule has 0 spiro atoms. The molecule has 0 radical (unpaired) electrons. The van der Waals surface area contributed by atoms with E-state index in [9.17, 15) is 9.46 Å². The van der Waals surface area contributed by atoms with Gasteiger partial charge in [-0.15, -0.1) is 0 Å². The van der Waals surface area contributed by atoms with Crippen LogP contribution >= 0.6 is 7.82 Å². The molecule has 0 amide bonds. The zero-order valence-electron chi connectivity index (χ0n) is 20.7. The quantitative estimate of drug-likeness (QED) is 0.264. The van der Waals surface area contributed by atoms with E-state index in [0.717, 1.165) is 11.1 Å². The van der Waals surface area contributed by atoms with Crippen LogP contribution in [0.3, 0.4) is 0 Å². The molecule has 0 aromatic heterocycles. The van der Waals surface area contributed by atoms with Crippen LogP contribution < -0.4 is 9.05 Å². The fourth-order valence-electron chi connectivity index (χ4n) is 3.61. The van der Waals surface area contributed by atoms with Crippen LogP contribution in [0.1, 0.15) is 50.7 Å². The number of phosphoric ester groups is 1. The van der Waals surface area contributed by atoms with Crippen molar-refractivity contribution in [3.05, 3.63) is 120 Å². The van der Waals surface area contributed by atoms with E-state index < -0.39 is 7.82 Å². The molecule has 5 heteroatoms. The minimum Gasteiger partial charge on any atom is -0.395 e. The van der Waals surface area contributed by atoms with E-state index in [4.69, 9.17) is 9.05 Å². The molecule has 0 unspecified atom stereocenters. The molecule has 0 aliphatic rings. The van der Waals surface area contributed by atoms with Crippen molar-refractivity contribution in [3.8, 4) is 22.6 Å². The largest absolute Gasteiger partial charge is 0.584 e. The van der Waals surface area contributed by atoms with E-state index in [-0.39, 0.29) is 11.8 Å². The van der Waals surface area contributed by atoms with Gasteiger partial charge >= 0.3 is 7.82 Å². The first-order valence-corrected chi connectivity index (χ1v) is 13.3. The predicted octanol–water partition coefficient (Wildman–Crippen LogP) is 8.85. The molecule has 1 N–H and O–H groups in total. The van der Waals surface area contributed by atoms with Crippen molar-refractivity contribution >= 4 is 7.82 Å². The topological polar surface area (TPSA) is 55.8 Å². The summed E-state index contributed by atoms with van der Waals surface area (Å²) in [6.45, 7) is 8.00. The molecule has 0 bridgehead atoms. The summed E-state index contributed by atoms with van der Waals surface area (Å²) >= 11 is 0. The van der Waals surface area contributed by atoms with Crippen LogP contribution in [-0.2, 0) is 4.57 Å². The van der Waals surface area contributed by atoms with Crippen molar-refractivity contribution in [1.29, 1.82) is 0 Å². The van der Waals surface area contributed by atoms with Crippen molar-refractivity contribution < 1.29 is 18.5 Å². The molecule has 4 aromatic carbocycles. The van der Waals surface area contributed by atoms with Crippen LogP contribution in [0.2, 0.25) is 0 Å². The van der Waals surface area contributed by atoms with Gasteiger partial charge in [0, 0.05) is 0 Å². The summed E-state index contributed by atoms with van der Waals surface area (Å²) < 4.78 is 23.1. The number of hydrogen-bond donors (Lipinski definition) is 1. The molecule has 0 atom stereocenters. The van der Waals surface area contributed by atoms with E-state index in [0.29, 0.717) is 11.5 Å². The number of benzene rings is 4. The maximum absolute atomic E-state index is 12.4. The van der Waals surface area contributed by atoms with Crippen LogP contribution in [0.15, 0.2) is 109 Å². The Morgan fingerprint density at radius 3 is 1.20 bits per heavy atom. The summed E-state index contributed by atoms with van der Waals surface area (Å²) in [5, 5.41) is 0. The van der Waals surface area contributed by atoms with Gasteiger partial charge in [0.1, 0.15) is 11.5 Å². The SMILES string of the molecule is CC(C)c1ccccc1OP(=O)(O)Oc1ccccc1C(C)C.c1ccc(-c2ccccc2)cc1. The lowest BCUT2D eigenvalue weighted by Gasteiger charge is -2.19. The zero-order valence-corrected chi connectivity index (χ0v) is 21.6. The molecule has 0 saturated carbocycles. The third-order valence-corrected chi connectivity index (χ3v) is 6.25. The van der Waals surface area contributed by atoms with Gasteiger partial charge in [-0.1, -0.05) is 125 Å². The second kappa shape index (κ2) is 12.4. The Morgan fingerprint density at radius 1 is 0.543 bits per heavy atom. The van der Waals surface area contributed by atoms with E-state index >= 15 is 0 Å². The highest BCUT2D eigenvalue weighted by Crippen LogP contribution is 2.47. The van der Waals surface area contributed by atoms with Crippen LogP contribution in [-0.4, -0.2) is 4.89 Å². The number of hydrogen-bond acceptors (Lipinski definition) is 3. The lowest BCUT2D eigenvalue weighted by molar-refractivity contribution is 0.288. The first-order valence-electron chi connectivity index (χ1n) is 11.8. The van der Waals surface area contributed by atoms with Gasteiger partial charge in [-0.3, -0.25) is 4.89 Å².